The molecule has 0 amide bonds. The maximum Gasteiger partial charge on any atom is 0.0240 e. The molecule has 2 aromatic carbocycles. The Morgan fingerprint density at radius 3 is 2.64 bits per heavy atom. The summed E-state index contributed by atoms with van der Waals surface area (Å²) in [5.74, 6) is 0.746. The van der Waals surface area contributed by atoms with Gasteiger partial charge < -0.3 is 5.32 Å². The van der Waals surface area contributed by atoms with Gasteiger partial charge in [0.1, 0.15) is 0 Å². The molecule has 1 heterocycles. The highest BCUT2D eigenvalue weighted by Crippen LogP contribution is 2.27. The Labute approximate surface area is 153 Å². The van der Waals surface area contributed by atoms with Crippen molar-refractivity contribution >= 4 is 0 Å². The second-order valence-electron chi connectivity index (χ2n) is 7.89. The summed E-state index contributed by atoms with van der Waals surface area (Å²) in [7, 11) is 0. The third kappa shape index (κ3) is 5.17. The van der Waals surface area contributed by atoms with Gasteiger partial charge in [-0.05, 0) is 42.4 Å². The zero-order chi connectivity index (χ0) is 17.6. The standard InChI is InChI=1S/C23H32N2/c1-18(2)13-23-15-22-14-19(3)9-10-21(22)17-25(23)12-11-24-16-20-7-5-4-6-8-20/h4-10,14,18,23-24H,11-13,15-17H2,1-3H3. The van der Waals surface area contributed by atoms with Crippen LogP contribution in [0.5, 0.6) is 0 Å². The molecule has 2 aromatic rings. The van der Waals surface area contributed by atoms with E-state index < -0.39 is 0 Å². The van der Waals surface area contributed by atoms with E-state index in [1.165, 1.54) is 29.5 Å². The Hall–Kier alpha value is -1.64. The van der Waals surface area contributed by atoms with E-state index in [9.17, 15) is 0 Å². The normalized spacial score (nSPS) is 17.7. The first-order valence-corrected chi connectivity index (χ1v) is 9.69. The summed E-state index contributed by atoms with van der Waals surface area (Å²) in [5.41, 5.74) is 5.84. The molecule has 25 heavy (non-hydrogen) atoms. The molecule has 0 fully saturated rings. The number of hydrogen-bond acceptors (Lipinski definition) is 2. The lowest BCUT2D eigenvalue weighted by Gasteiger charge is -2.38. The minimum absolute atomic E-state index is 0.674. The molecule has 1 unspecified atom stereocenters. The van der Waals surface area contributed by atoms with E-state index in [1.54, 1.807) is 5.56 Å². The van der Waals surface area contributed by atoms with E-state index in [4.69, 9.17) is 0 Å². The maximum absolute atomic E-state index is 3.61. The first-order chi connectivity index (χ1) is 12.1. The van der Waals surface area contributed by atoms with Crippen LogP contribution in [0.3, 0.4) is 0 Å². The molecule has 0 saturated carbocycles. The van der Waals surface area contributed by atoms with Crippen LogP contribution in [-0.4, -0.2) is 24.0 Å². The molecule has 2 nitrogen and oxygen atoms in total. The molecule has 3 rings (SSSR count). The van der Waals surface area contributed by atoms with Crippen LogP contribution >= 0.6 is 0 Å². The fourth-order valence-electron chi connectivity index (χ4n) is 3.92. The van der Waals surface area contributed by atoms with Crippen LogP contribution in [0.15, 0.2) is 48.5 Å². The Morgan fingerprint density at radius 2 is 1.88 bits per heavy atom. The molecule has 0 aromatic heterocycles. The van der Waals surface area contributed by atoms with Crippen LogP contribution in [0.4, 0.5) is 0 Å². The molecule has 1 aliphatic rings. The van der Waals surface area contributed by atoms with Crippen LogP contribution in [0, 0.1) is 12.8 Å². The number of rotatable bonds is 7. The number of fused-ring (bicyclic) bond motifs is 1. The fraction of sp³-hybridized carbons (Fsp3) is 0.478. The Kier molecular flexibility index (Phi) is 6.28. The summed E-state index contributed by atoms with van der Waals surface area (Å²) in [5, 5.41) is 3.61. The minimum Gasteiger partial charge on any atom is -0.311 e. The quantitative estimate of drug-likeness (QED) is 0.746. The van der Waals surface area contributed by atoms with E-state index in [-0.39, 0.29) is 0 Å². The van der Waals surface area contributed by atoms with E-state index >= 15 is 0 Å². The molecule has 0 radical (unpaired) electrons. The van der Waals surface area contributed by atoms with Gasteiger partial charge in [-0.25, -0.2) is 0 Å². The van der Waals surface area contributed by atoms with Crippen LogP contribution in [-0.2, 0) is 19.5 Å². The summed E-state index contributed by atoms with van der Waals surface area (Å²) in [6.07, 6.45) is 2.49. The van der Waals surface area contributed by atoms with Gasteiger partial charge in [-0.15, -0.1) is 0 Å². The lowest BCUT2D eigenvalue weighted by Crippen LogP contribution is -2.44. The van der Waals surface area contributed by atoms with Crippen LogP contribution in [0.1, 0.15) is 42.5 Å². The predicted octanol–water partition coefficient (Wildman–Crippen LogP) is 4.56. The summed E-state index contributed by atoms with van der Waals surface area (Å²) >= 11 is 0. The number of nitrogens with one attached hydrogen (secondary N) is 1. The van der Waals surface area contributed by atoms with Gasteiger partial charge in [0.25, 0.3) is 0 Å². The molecule has 0 aliphatic carbocycles. The van der Waals surface area contributed by atoms with Gasteiger partial charge in [0.2, 0.25) is 0 Å². The molecular weight excluding hydrogens is 304 g/mol. The van der Waals surface area contributed by atoms with Crippen molar-refractivity contribution in [3.8, 4) is 0 Å². The van der Waals surface area contributed by atoms with Crippen molar-refractivity contribution in [1.82, 2.24) is 10.2 Å². The molecule has 0 bridgehead atoms. The summed E-state index contributed by atoms with van der Waals surface area (Å²) in [6, 6.07) is 18.3. The zero-order valence-corrected chi connectivity index (χ0v) is 16.0. The number of aryl methyl sites for hydroxylation is 1. The molecule has 1 atom stereocenters. The monoisotopic (exact) mass is 336 g/mol. The summed E-state index contributed by atoms with van der Waals surface area (Å²) < 4.78 is 0. The average Bonchev–Trinajstić information content (AvgIpc) is 2.59. The highest BCUT2D eigenvalue weighted by Gasteiger charge is 2.26. The zero-order valence-electron chi connectivity index (χ0n) is 16.0. The molecule has 1 N–H and O–H groups in total. The van der Waals surface area contributed by atoms with Crippen molar-refractivity contribution in [2.24, 2.45) is 5.92 Å². The van der Waals surface area contributed by atoms with Gasteiger partial charge in [0.05, 0.1) is 0 Å². The molecule has 134 valence electrons. The Balaban J connectivity index is 1.58. The Bertz CT molecular complexity index is 663. The lowest BCUT2D eigenvalue weighted by molar-refractivity contribution is 0.151. The van der Waals surface area contributed by atoms with E-state index in [2.05, 4.69) is 79.5 Å². The van der Waals surface area contributed by atoms with E-state index in [0.29, 0.717) is 6.04 Å². The minimum atomic E-state index is 0.674. The first-order valence-electron chi connectivity index (χ1n) is 9.69. The third-order valence-corrected chi connectivity index (χ3v) is 5.20. The first kappa shape index (κ1) is 18.2. The van der Waals surface area contributed by atoms with Crippen molar-refractivity contribution in [3.05, 3.63) is 70.8 Å². The van der Waals surface area contributed by atoms with Gasteiger partial charge in [0.15, 0.2) is 0 Å². The number of nitrogens with zero attached hydrogens (tertiary/aromatic N) is 1. The smallest absolute Gasteiger partial charge is 0.0240 e. The van der Waals surface area contributed by atoms with Crippen molar-refractivity contribution in [1.29, 1.82) is 0 Å². The molecule has 1 aliphatic heterocycles. The summed E-state index contributed by atoms with van der Waals surface area (Å²) in [4.78, 5) is 2.69. The maximum atomic E-state index is 3.61. The van der Waals surface area contributed by atoms with Crippen LogP contribution in [0.25, 0.3) is 0 Å². The van der Waals surface area contributed by atoms with Crippen LogP contribution in [0.2, 0.25) is 0 Å². The fourth-order valence-corrected chi connectivity index (χ4v) is 3.92. The van der Waals surface area contributed by atoms with Gasteiger partial charge in [-0.1, -0.05) is 67.9 Å². The predicted molar refractivity (Wildman–Crippen MR) is 107 cm³/mol. The third-order valence-electron chi connectivity index (χ3n) is 5.20. The second kappa shape index (κ2) is 8.64. The van der Waals surface area contributed by atoms with Crippen molar-refractivity contribution < 1.29 is 0 Å². The highest BCUT2D eigenvalue weighted by atomic mass is 15.2. The molecule has 2 heteroatoms. The Morgan fingerprint density at radius 1 is 1.08 bits per heavy atom. The second-order valence-corrected chi connectivity index (χ2v) is 7.89. The molecule has 0 saturated heterocycles. The average molecular weight is 337 g/mol. The highest BCUT2D eigenvalue weighted by molar-refractivity contribution is 5.34. The van der Waals surface area contributed by atoms with Crippen molar-refractivity contribution in [3.63, 3.8) is 0 Å². The van der Waals surface area contributed by atoms with Crippen molar-refractivity contribution in [2.75, 3.05) is 13.1 Å². The topological polar surface area (TPSA) is 15.3 Å². The van der Waals surface area contributed by atoms with E-state index in [1.807, 2.05) is 0 Å². The van der Waals surface area contributed by atoms with Gasteiger partial charge in [0, 0.05) is 32.2 Å². The largest absolute Gasteiger partial charge is 0.311 e. The molecular formula is C23H32N2. The SMILES string of the molecule is Cc1ccc2c(c1)CC(CC(C)C)N(CCNCc1ccccc1)C2. The lowest BCUT2D eigenvalue weighted by atomic mass is 9.88. The van der Waals surface area contributed by atoms with Crippen molar-refractivity contribution in [2.45, 2.75) is 52.7 Å². The van der Waals surface area contributed by atoms with Gasteiger partial charge >= 0.3 is 0 Å². The van der Waals surface area contributed by atoms with Gasteiger partial charge in [-0.3, -0.25) is 4.90 Å². The number of benzene rings is 2. The van der Waals surface area contributed by atoms with E-state index in [0.717, 1.165) is 32.1 Å². The summed E-state index contributed by atoms with van der Waals surface area (Å²) in [6.45, 7) is 11.1. The number of hydrogen-bond donors (Lipinski definition) is 1. The van der Waals surface area contributed by atoms with Crippen LogP contribution < -0.4 is 5.32 Å². The molecule has 0 spiro atoms. The van der Waals surface area contributed by atoms with Gasteiger partial charge in [-0.2, -0.15) is 0 Å².